The summed E-state index contributed by atoms with van der Waals surface area (Å²) in [6, 6.07) is 0. The fourth-order valence-electron chi connectivity index (χ4n) is 0. The van der Waals surface area contributed by atoms with Crippen molar-refractivity contribution in [1.82, 2.24) is 0 Å². The van der Waals surface area contributed by atoms with Gasteiger partial charge in [-0.25, -0.2) is 0 Å². The van der Waals surface area contributed by atoms with E-state index < -0.39 is 4.96 Å². The minimum atomic E-state index is -3.01. The first-order valence-electron chi connectivity index (χ1n) is 0.756. The number of rotatable bonds is 0. The van der Waals surface area contributed by atoms with E-state index >= 15 is 0 Å². The summed E-state index contributed by atoms with van der Waals surface area (Å²) in [7, 11) is 0. The number of halogens is 4. The van der Waals surface area contributed by atoms with Crippen molar-refractivity contribution in [3.05, 3.63) is 0 Å². The van der Waals surface area contributed by atoms with E-state index in [0.29, 0.717) is 0 Å². The van der Waals surface area contributed by atoms with Gasteiger partial charge < -0.3 is 0 Å². The van der Waals surface area contributed by atoms with Crippen LogP contribution < -0.4 is 0 Å². The van der Waals surface area contributed by atoms with Crippen LogP contribution in [0.25, 0.3) is 0 Å². The van der Waals surface area contributed by atoms with Gasteiger partial charge in [-0.1, -0.05) is 30.6 Å². The normalized spacial score (nSPS) is 12.0. The van der Waals surface area contributed by atoms with Crippen LogP contribution in [0.2, 0.25) is 0 Å². The summed E-state index contributed by atoms with van der Waals surface area (Å²) < 4.78 is 11.4. The molecule has 0 aliphatic carbocycles. The van der Waals surface area contributed by atoms with Gasteiger partial charge in [0, 0.05) is 0 Å². The monoisotopic (exact) mass is 240 g/mol. The standard InChI is InChI=1S/Br2ClFSi/c1-5(2,3)4. The predicted molar refractivity (Wildman–Crippen MR) is 30.6 cm³/mol. The molecule has 0 nitrogen and oxygen atoms in total. The Kier molecular flexibility index (Phi) is 2.44. The Morgan fingerprint density at radius 2 is 1.60 bits per heavy atom. The first kappa shape index (κ1) is 6.40. The average Bonchev–Trinajstić information content (AvgIpc) is 0.722. The molecular formula is Br2ClFSi. The highest BCUT2D eigenvalue weighted by Gasteiger charge is 2.20. The second-order valence-electron chi connectivity index (χ2n) is 0.429. The molecule has 0 N–H and O–H groups in total. The third-order valence-electron chi connectivity index (χ3n) is 0. The van der Waals surface area contributed by atoms with Crippen molar-refractivity contribution >= 4 is 46.6 Å². The SMILES string of the molecule is F[Si](Cl)(Br)Br. The zero-order chi connectivity index (χ0) is 4.50. The number of hydrogen-bond acceptors (Lipinski definition) is 0. The average molecular weight is 242 g/mol. The zero-order valence-corrected chi connectivity index (χ0v) is 6.94. The Hall–Kier alpha value is 1.40. The summed E-state index contributed by atoms with van der Waals surface area (Å²) in [6.45, 7) is 0. The highest BCUT2D eigenvalue weighted by molar-refractivity contribution is 9.52. The topological polar surface area (TPSA) is 0 Å². The highest BCUT2D eigenvalue weighted by atomic mass is 79.9. The molecule has 0 atom stereocenters. The van der Waals surface area contributed by atoms with Crippen molar-refractivity contribution in [3.8, 4) is 0 Å². The molecule has 0 heterocycles. The van der Waals surface area contributed by atoms with Crippen LogP contribution in [0.5, 0.6) is 0 Å². The second-order valence-corrected chi connectivity index (χ2v) is 15.3. The van der Waals surface area contributed by atoms with Crippen molar-refractivity contribution in [2.45, 2.75) is 0 Å². The highest BCUT2D eigenvalue weighted by Crippen LogP contribution is 2.24. The largest absolute Gasteiger partial charge is 0.476 e. The van der Waals surface area contributed by atoms with Gasteiger partial charge in [-0.05, 0) is 0 Å². The molecule has 0 radical (unpaired) electrons. The van der Waals surface area contributed by atoms with Crippen molar-refractivity contribution < 1.29 is 4.11 Å². The summed E-state index contributed by atoms with van der Waals surface area (Å²) in [6.07, 6.45) is 0. The summed E-state index contributed by atoms with van der Waals surface area (Å²) in [5.74, 6) is 0. The molecule has 5 heavy (non-hydrogen) atoms. The quantitative estimate of drug-likeness (QED) is 0.452. The molecule has 0 aromatic heterocycles. The Morgan fingerprint density at radius 3 is 1.60 bits per heavy atom. The molecule has 0 aromatic rings. The van der Waals surface area contributed by atoms with Crippen molar-refractivity contribution in [2.75, 3.05) is 0 Å². The van der Waals surface area contributed by atoms with E-state index in [0.717, 1.165) is 0 Å². The van der Waals surface area contributed by atoms with Gasteiger partial charge in [0.2, 0.25) is 0 Å². The minimum Gasteiger partial charge on any atom is -0.263 e. The van der Waals surface area contributed by atoms with Crippen LogP contribution in [0, 0.1) is 0 Å². The summed E-state index contributed by atoms with van der Waals surface area (Å²) in [4.78, 5) is -3.01. The minimum absolute atomic E-state index is 2.53. The lowest BCUT2D eigenvalue weighted by Gasteiger charge is -1.84. The molecule has 0 aliphatic rings. The van der Waals surface area contributed by atoms with E-state index in [9.17, 15) is 4.11 Å². The molecule has 0 unspecified atom stereocenters. The van der Waals surface area contributed by atoms with Crippen LogP contribution in [0.1, 0.15) is 0 Å². The molecule has 32 valence electrons. The Labute approximate surface area is 50.7 Å². The van der Waals surface area contributed by atoms with Crippen LogP contribution in [0.15, 0.2) is 0 Å². The number of hydrogen-bond donors (Lipinski definition) is 0. The molecule has 0 bridgehead atoms. The maximum Gasteiger partial charge on any atom is 0.476 e. The van der Waals surface area contributed by atoms with Gasteiger partial charge in [0.05, 0.1) is 0 Å². The maximum absolute atomic E-state index is 11.4. The van der Waals surface area contributed by atoms with E-state index in [2.05, 4.69) is 30.6 Å². The molecule has 0 spiro atoms. The molecule has 0 aromatic carbocycles. The van der Waals surface area contributed by atoms with Crippen LogP contribution in [0.4, 0.5) is 4.11 Å². The Bertz CT molecular complexity index is 25.1. The van der Waals surface area contributed by atoms with Gasteiger partial charge in [-0.3, -0.25) is 4.11 Å². The molecule has 5 heteroatoms. The van der Waals surface area contributed by atoms with Gasteiger partial charge in [-0.15, -0.1) is 11.1 Å². The molecule has 0 fully saturated rings. The Morgan fingerprint density at radius 1 is 1.60 bits per heavy atom. The predicted octanol–water partition coefficient (Wildman–Crippen LogP) is 2.42. The van der Waals surface area contributed by atoms with Gasteiger partial charge >= 0.3 is 4.96 Å². The molecular weight excluding hydrogens is 242 g/mol. The van der Waals surface area contributed by atoms with Crippen molar-refractivity contribution in [2.24, 2.45) is 0 Å². The van der Waals surface area contributed by atoms with E-state index in [4.69, 9.17) is 11.1 Å². The summed E-state index contributed by atoms with van der Waals surface area (Å²) in [5, 5.41) is 0. The smallest absolute Gasteiger partial charge is 0.263 e. The molecule has 0 saturated carbocycles. The van der Waals surface area contributed by atoms with E-state index in [1.807, 2.05) is 0 Å². The molecule has 0 aliphatic heterocycles. The van der Waals surface area contributed by atoms with Gasteiger partial charge in [0.25, 0.3) is 0 Å². The van der Waals surface area contributed by atoms with Gasteiger partial charge in [0.1, 0.15) is 0 Å². The summed E-state index contributed by atoms with van der Waals surface area (Å²) >= 11 is 9.89. The van der Waals surface area contributed by atoms with E-state index in [1.54, 1.807) is 0 Å². The van der Waals surface area contributed by atoms with Crippen LogP contribution in [-0.2, 0) is 0 Å². The second kappa shape index (κ2) is 1.91. The Balaban J connectivity index is 3.02. The molecule has 0 amide bonds. The van der Waals surface area contributed by atoms with Crippen LogP contribution in [0.3, 0.4) is 0 Å². The van der Waals surface area contributed by atoms with Crippen LogP contribution >= 0.6 is 41.7 Å². The fourth-order valence-corrected chi connectivity index (χ4v) is 0. The van der Waals surface area contributed by atoms with Gasteiger partial charge in [-0.2, -0.15) is 0 Å². The summed E-state index contributed by atoms with van der Waals surface area (Å²) in [5.41, 5.74) is 0. The first-order valence-corrected chi connectivity index (χ1v) is 8.16. The lowest BCUT2D eigenvalue weighted by atomic mass is 18.9. The van der Waals surface area contributed by atoms with E-state index in [1.165, 1.54) is 0 Å². The third kappa shape index (κ3) is 31.9. The molecule has 0 rings (SSSR count). The van der Waals surface area contributed by atoms with Crippen LogP contribution in [-0.4, -0.2) is 4.96 Å². The first-order chi connectivity index (χ1) is 2.00. The van der Waals surface area contributed by atoms with Gasteiger partial charge in [0.15, 0.2) is 0 Å². The van der Waals surface area contributed by atoms with Crippen molar-refractivity contribution in [1.29, 1.82) is 0 Å². The van der Waals surface area contributed by atoms with Crippen molar-refractivity contribution in [3.63, 3.8) is 0 Å². The zero-order valence-electron chi connectivity index (χ0n) is 2.01. The fraction of sp³-hybridized carbons (Fsp3) is 0. The maximum atomic E-state index is 11.4. The lowest BCUT2D eigenvalue weighted by Crippen LogP contribution is -1.92. The lowest BCUT2D eigenvalue weighted by molar-refractivity contribution is 0.882. The molecule has 0 saturated heterocycles. The van der Waals surface area contributed by atoms with E-state index in [-0.39, 0.29) is 0 Å². The third-order valence-corrected chi connectivity index (χ3v) is 0.